The van der Waals surface area contributed by atoms with Gasteiger partial charge < -0.3 is 10.6 Å². The van der Waals surface area contributed by atoms with Crippen molar-refractivity contribution in [2.24, 2.45) is 5.73 Å². The van der Waals surface area contributed by atoms with E-state index in [1.165, 1.54) is 0 Å². The molecule has 1 saturated heterocycles. The van der Waals surface area contributed by atoms with E-state index in [1.54, 1.807) is 6.20 Å². The number of amides is 1. The second-order valence-corrected chi connectivity index (χ2v) is 5.08. The molecule has 1 aliphatic rings. The van der Waals surface area contributed by atoms with Gasteiger partial charge >= 0.3 is 0 Å². The van der Waals surface area contributed by atoms with Gasteiger partial charge in [0, 0.05) is 45.0 Å². The monoisotopic (exact) mass is 262 g/mol. The van der Waals surface area contributed by atoms with Gasteiger partial charge in [0.25, 0.3) is 5.91 Å². The highest BCUT2D eigenvalue weighted by Gasteiger charge is 2.25. The molecule has 1 amide bonds. The van der Waals surface area contributed by atoms with Crippen LogP contribution in [0.25, 0.3) is 0 Å². The van der Waals surface area contributed by atoms with Crippen molar-refractivity contribution in [2.45, 2.75) is 19.9 Å². The normalized spacial score (nSPS) is 18.4. The number of carbonyl (C=O) groups is 1. The summed E-state index contributed by atoms with van der Waals surface area (Å²) in [5.74, 6) is 0.0400. The molecule has 1 aromatic heterocycles. The summed E-state index contributed by atoms with van der Waals surface area (Å²) in [7, 11) is 0. The quantitative estimate of drug-likeness (QED) is 0.861. The highest BCUT2D eigenvalue weighted by atomic mass is 16.2. The van der Waals surface area contributed by atoms with Crippen LogP contribution < -0.4 is 5.73 Å². The lowest BCUT2D eigenvalue weighted by molar-refractivity contribution is 0.0583. The summed E-state index contributed by atoms with van der Waals surface area (Å²) < 4.78 is 0. The number of aryl methyl sites for hydroxylation is 1. The van der Waals surface area contributed by atoms with Crippen molar-refractivity contribution in [2.75, 3.05) is 32.7 Å². The lowest BCUT2D eigenvalue weighted by Gasteiger charge is -2.37. The number of aromatic nitrogens is 1. The molecule has 1 aliphatic heterocycles. The van der Waals surface area contributed by atoms with Crippen molar-refractivity contribution in [3.8, 4) is 0 Å². The van der Waals surface area contributed by atoms with E-state index in [0.717, 1.165) is 31.7 Å². The van der Waals surface area contributed by atoms with Crippen LogP contribution in [0.5, 0.6) is 0 Å². The molecule has 0 spiro atoms. The molecule has 1 unspecified atom stereocenters. The molecule has 5 nitrogen and oxygen atoms in total. The minimum atomic E-state index is 0.0400. The average molecular weight is 262 g/mol. The molecule has 0 radical (unpaired) electrons. The number of nitrogens with zero attached hydrogens (tertiary/aromatic N) is 3. The Labute approximate surface area is 114 Å². The maximum absolute atomic E-state index is 12.4. The van der Waals surface area contributed by atoms with Crippen molar-refractivity contribution >= 4 is 5.91 Å². The minimum Gasteiger partial charge on any atom is -0.335 e. The molecule has 0 aromatic carbocycles. The van der Waals surface area contributed by atoms with E-state index in [1.807, 2.05) is 24.0 Å². The fourth-order valence-electron chi connectivity index (χ4n) is 2.37. The highest BCUT2D eigenvalue weighted by Crippen LogP contribution is 2.11. The Morgan fingerprint density at radius 1 is 1.42 bits per heavy atom. The van der Waals surface area contributed by atoms with Gasteiger partial charge in [-0.3, -0.25) is 14.7 Å². The third-order valence-corrected chi connectivity index (χ3v) is 3.78. The number of carbonyl (C=O) groups excluding carboxylic acids is 1. The summed E-state index contributed by atoms with van der Waals surface area (Å²) in [4.78, 5) is 20.8. The van der Waals surface area contributed by atoms with Crippen LogP contribution in [0.4, 0.5) is 0 Å². The fourth-order valence-corrected chi connectivity index (χ4v) is 2.37. The summed E-state index contributed by atoms with van der Waals surface area (Å²) in [5.41, 5.74) is 7.18. The second kappa shape index (κ2) is 6.12. The topological polar surface area (TPSA) is 62.5 Å². The molecule has 104 valence electrons. The third kappa shape index (κ3) is 3.11. The number of rotatable bonds is 3. The maximum Gasteiger partial charge on any atom is 0.272 e. The molecule has 2 heterocycles. The van der Waals surface area contributed by atoms with E-state index < -0.39 is 0 Å². The van der Waals surface area contributed by atoms with Crippen LogP contribution >= 0.6 is 0 Å². The first-order chi connectivity index (χ1) is 9.13. The number of piperazine rings is 1. The van der Waals surface area contributed by atoms with E-state index in [4.69, 9.17) is 5.73 Å². The number of nitrogens with two attached hydrogens (primary N) is 1. The Morgan fingerprint density at radius 2 is 2.11 bits per heavy atom. The van der Waals surface area contributed by atoms with Crippen LogP contribution in [0.2, 0.25) is 0 Å². The first-order valence-corrected chi connectivity index (χ1v) is 6.78. The molecular weight excluding hydrogens is 240 g/mol. The van der Waals surface area contributed by atoms with Crippen LogP contribution in [0.1, 0.15) is 23.0 Å². The second-order valence-electron chi connectivity index (χ2n) is 5.08. The smallest absolute Gasteiger partial charge is 0.272 e. The van der Waals surface area contributed by atoms with Gasteiger partial charge in [-0.15, -0.1) is 0 Å². The maximum atomic E-state index is 12.4. The van der Waals surface area contributed by atoms with Gasteiger partial charge in [-0.25, -0.2) is 0 Å². The van der Waals surface area contributed by atoms with E-state index in [0.29, 0.717) is 18.3 Å². The van der Waals surface area contributed by atoms with E-state index in [9.17, 15) is 4.79 Å². The fraction of sp³-hybridized carbons (Fsp3) is 0.571. The van der Waals surface area contributed by atoms with Crippen molar-refractivity contribution in [1.82, 2.24) is 14.8 Å². The van der Waals surface area contributed by atoms with Gasteiger partial charge in [0.1, 0.15) is 5.69 Å². The lowest BCUT2D eigenvalue weighted by atomic mass is 10.1. The Kier molecular flexibility index (Phi) is 4.50. The van der Waals surface area contributed by atoms with Crippen LogP contribution in [-0.4, -0.2) is 59.5 Å². The number of hydrogen-bond acceptors (Lipinski definition) is 4. The molecule has 19 heavy (non-hydrogen) atoms. The molecule has 5 heteroatoms. The molecule has 1 fully saturated rings. The Morgan fingerprint density at radius 3 is 2.68 bits per heavy atom. The largest absolute Gasteiger partial charge is 0.335 e. The molecule has 2 N–H and O–H groups in total. The molecule has 0 saturated carbocycles. The van der Waals surface area contributed by atoms with Crippen LogP contribution in [0.3, 0.4) is 0 Å². The molecule has 1 aromatic rings. The predicted molar refractivity (Wildman–Crippen MR) is 75.0 cm³/mol. The SMILES string of the molecule is Cc1cccnc1C(=O)N1CCN(C(C)CN)CC1. The standard InChI is InChI=1S/C14H22N4O/c1-11-4-3-5-16-13(11)14(19)18-8-6-17(7-9-18)12(2)10-15/h3-5,12H,6-10,15H2,1-2H3. The number of hydrogen-bond donors (Lipinski definition) is 1. The first kappa shape index (κ1) is 14.0. The predicted octanol–water partition coefficient (Wildman–Crippen LogP) is 0.495. The van der Waals surface area contributed by atoms with Gasteiger partial charge in [0.2, 0.25) is 0 Å². The van der Waals surface area contributed by atoms with Crippen molar-refractivity contribution < 1.29 is 4.79 Å². The Bertz CT molecular complexity index is 441. The highest BCUT2D eigenvalue weighted by molar-refractivity contribution is 5.93. The van der Waals surface area contributed by atoms with Crippen molar-refractivity contribution in [1.29, 1.82) is 0 Å². The van der Waals surface area contributed by atoms with E-state index in [-0.39, 0.29) is 5.91 Å². The summed E-state index contributed by atoms with van der Waals surface area (Å²) in [6, 6.07) is 4.16. The average Bonchev–Trinajstić information content (AvgIpc) is 2.46. The lowest BCUT2D eigenvalue weighted by Crippen LogP contribution is -2.53. The van der Waals surface area contributed by atoms with Crippen LogP contribution in [0.15, 0.2) is 18.3 Å². The van der Waals surface area contributed by atoms with Gasteiger partial charge in [-0.2, -0.15) is 0 Å². The van der Waals surface area contributed by atoms with Gasteiger partial charge in [0.15, 0.2) is 0 Å². The molecule has 1 atom stereocenters. The van der Waals surface area contributed by atoms with Crippen LogP contribution in [-0.2, 0) is 0 Å². The van der Waals surface area contributed by atoms with Gasteiger partial charge in [-0.05, 0) is 25.5 Å². The first-order valence-electron chi connectivity index (χ1n) is 6.78. The van der Waals surface area contributed by atoms with Gasteiger partial charge in [0.05, 0.1) is 0 Å². The molecule has 0 aliphatic carbocycles. The molecule has 2 rings (SSSR count). The zero-order valence-electron chi connectivity index (χ0n) is 11.7. The van der Waals surface area contributed by atoms with E-state index >= 15 is 0 Å². The summed E-state index contributed by atoms with van der Waals surface area (Å²) in [6.45, 7) is 7.98. The van der Waals surface area contributed by atoms with Crippen molar-refractivity contribution in [3.05, 3.63) is 29.6 Å². The van der Waals surface area contributed by atoms with Gasteiger partial charge in [-0.1, -0.05) is 6.07 Å². The minimum absolute atomic E-state index is 0.0400. The summed E-state index contributed by atoms with van der Waals surface area (Å²) >= 11 is 0. The zero-order valence-corrected chi connectivity index (χ0v) is 11.7. The number of pyridine rings is 1. The van der Waals surface area contributed by atoms with Crippen LogP contribution in [0, 0.1) is 6.92 Å². The summed E-state index contributed by atoms with van der Waals surface area (Å²) in [5, 5.41) is 0. The van der Waals surface area contributed by atoms with Crippen molar-refractivity contribution in [3.63, 3.8) is 0 Å². The Hall–Kier alpha value is -1.46. The Balaban J connectivity index is 1.98. The zero-order chi connectivity index (χ0) is 13.8. The molecule has 0 bridgehead atoms. The van der Waals surface area contributed by atoms with E-state index in [2.05, 4.69) is 16.8 Å². The third-order valence-electron chi connectivity index (χ3n) is 3.78. The summed E-state index contributed by atoms with van der Waals surface area (Å²) in [6.07, 6.45) is 1.67. The molecular formula is C14H22N4O.